The molecule has 0 atom stereocenters. The van der Waals surface area contributed by atoms with Crippen LogP contribution >= 0.6 is 15.9 Å². The molecule has 3 heteroatoms. The molecule has 2 rings (SSSR count). The van der Waals surface area contributed by atoms with E-state index in [0.29, 0.717) is 0 Å². The maximum absolute atomic E-state index is 4.41. The van der Waals surface area contributed by atoms with Crippen LogP contribution in [0.1, 0.15) is 11.4 Å². The minimum absolute atomic E-state index is 0.792. The van der Waals surface area contributed by atoms with E-state index in [4.69, 9.17) is 0 Å². The minimum Gasteiger partial charge on any atom is -0.233 e. The molecule has 1 heterocycles. The van der Waals surface area contributed by atoms with E-state index in [1.807, 2.05) is 44.2 Å². The normalized spacial score (nSPS) is 10.3. The summed E-state index contributed by atoms with van der Waals surface area (Å²) in [5, 5.41) is 0. The predicted octanol–water partition coefficient (Wildman–Crippen LogP) is 3.52. The third kappa shape index (κ3) is 2.42. The van der Waals surface area contributed by atoms with Gasteiger partial charge in [-0.15, -0.1) is 0 Å². The molecule has 0 aliphatic heterocycles. The fraction of sp³-hybridized carbons (Fsp3) is 0.167. The summed E-state index contributed by atoms with van der Waals surface area (Å²) in [5.74, 6) is 0.792. The Hall–Kier alpha value is -1.22. The van der Waals surface area contributed by atoms with Crippen LogP contribution in [0.3, 0.4) is 0 Å². The van der Waals surface area contributed by atoms with Crippen molar-refractivity contribution in [3.8, 4) is 11.4 Å². The van der Waals surface area contributed by atoms with E-state index >= 15 is 0 Å². The zero-order valence-corrected chi connectivity index (χ0v) is 10.2. The molecule has 0 fully saturated rings. The highest BCUT2D eigenvalue weighted by Gasteiger charge is 2.02. The number of nitrogens with zero attached hydrogens (tertiary/aromatic N) is 2. The van der Waals surface area contributed by atoms with Crippen molar-refractivity contribution in [2.45, 2.75) is 13.8 Å². The summed E-state index contributed by atoms with van der Waals surface area (Å²) in [5.41, 5.74) is 3.05. The highest BCUT2D eigenvalue weighted by atomic mass is 79.9. The lowest BCUT2D eigenvalue weighted by Gasteiger charge is -2.03. The standard InChI is InChI=1S/C12H11BrN2/c1-8-7-9(2)15-12(14-8)10-3-5-11(13)6-4-10/h3-7H,1-2H3. The van der Waals surface area contributed by atoms with Gasteiger partial charge in [0.1, 0.15) is 0 Å². The van der Waals surface area contributed by atoms with Crippen LogP contribution in [-0.2, 0) is 0 Å². The lowest BCUT2D eigenvalue weighted by molar-refractivity contribution is 1.06. The number of hydrogen-bond acceptors (Lipinski definition) is 2. The molecular formula is C12H11BrN2. The number of aromatic nitrogens is 2. The molecule has 76 valence electrons. The van der Waals surface area contributed by atoms with Gasteiger partial charge < -0.3 is 0 Å². The van der Waals surface area contributed by atoms with Crippen LogP contribution in [0.15, 0.2) is 34.8 Å². The molecule has 0 bridgehead atoms. The van der Waals surface area contributed by atoms with Gasteiger partial charge in [-0.05, 0) is 32.0 Å². The van der Waals surface area contributed by atoms with Crippen LogP contribution < -0.4 is 0 Å². The number of halogens is 1. The first kappa shape index (κ1) is 10.3. The SMILES string of the molecule is Cc1cc(C)nc(-c2ccc(Br)cc2)n1. The zero-order valence-electron chi connectivity index (χ0n) is 8.66. The van der Waals surface area contributed by atoms with Crippen molar-refractivity contribution in [1.82, 2.24) is 9.97 Å². The van der Waals surface area contributed by atoms with Gasteiger partial charge in [0.25, 0.3) is 0 Å². The largest absolute Gasteiger partial charge is 0.233 e. The second-order valence-corrected chi connectivity index (χ2v) is 4.40. The monoisotopic (exact) mass is 262 g/mol. The smallest absolute Gasteiger partial charge is 0.159 e. The zero-order chi connectivity index (χ0) is 10.8. The van der Waals surface area contributed by atoms with Gasteiger partial charge >= 0.3 is 0 Å². The van der Waals surface area contributed by atoms with Crippen molar-refractivity contribution < 1.29 is 0 Å². The van der Waals surface area contributed by atoms with Crippen LogP contribution in [0.4, 0.5) is 0 Å². The van der Waals surface area contributed by atoms with E-state index in [1.165, 1.54) is 0 Å². The molecule has 15 heavy (non-hydrogen) atoms. The molecule has 0 radical (unpaired) electrons. The van der Waals surface area contributed by atoms with Crippen molar-refractivity contribution in [3.63, 3.8) is 0 Å². The summed E-state index contributed by atoms with van der Waals surface area (Å²) >= 11 is 3.41. The topological polar surface area (TPSA) is 25.8 Å². The molecular weight excluding hydrogens is 252 g/mol. The first-order chi connectivity index (χ1) is 7.15. The molecule has 0 amide bonds. The average Bonchev–Trinajstić information content (AvgIpc) is 2.17. The van der Waals surface area contributed by atoms with Crippen molar-refractivity contribution in [1.29, 1.82) is 0 Å². The molecule has 2 nitrogen and oxygen atoms in total. The highest BCUT2D eigenvalue weighted by molar-refractivity contribution is 9.10. The first-order valence-electron chi connectivity index (χ1n) is 4.73. The minimum atomic E-state index is 0.792. The molecule has 0 aliphatic rings. The van der Waals surface area contributed by atoms with Gasteiger partial charge in [-0.25, -0.2) is 9.97 Å². The Labute approximate surface area is 97.5 Å². The summed E-state index contributed by atoms with van der Waals surface area (Å²) in [6.45, 7) is 3.97. The molecule has 0 saturated heterocycles. The third-order valence-corrected chi connectivity index (χ3v) is 2.61. The van der Waals surface area contributed by atoms with E-state index in [-0.39, 0.29) is 0 Å². The van der Waals surface area contributed by atoms with Crippen LogP contribution in [0.2, 0.25) is 0 Å². The van der Waals surface area contributed by atoms with Crippen molar-refractivity contribution >= 4 is 15.9 Å². The Morgan fingerprint density at radius 2 is 1.47 bits per heavy atom. The molecule has 0 saturated carbocycles. The maximum atomic E-state index is 4.41. The van der Waals surface area contributed by atoms with Crippen LogP contribution in [0, 0.1) is 13.8 Å². The second kappa shape index (κ2) is 4.11. The molecule has 1 aromatic carbocycles. The van der Waals surface area contributed by atoms with Gasteiger partial charge in [0, 0.05) is 21.4 Å². The average molecular weight is 263 g/mol. The van der Waals surface area contributed by atoms with Gasteiger partial charge in [-0.2, -0.15) is 0 Å². The molecule has 2 aromatic rings. The molecule has 0 aliphatic carbocycles. The van der Waals surface area contributed by atoms with Gasteiger partial charge in [-0.1, -0.05) is 28.1 Å². The summed E-state index contributed by atoms with van der Waals surface area (Å²) in [4.78, 5) is 8.82. The first-order valence-corrected chi connectivity index (χ1v) is 5.53. The Morgan fingerprint density at radius 1 is 0.933 bits per heavy atom. The van der Waals surface area contributed by atoms with Crippen molar-refractivity contribution in [3.05, 3.63) is 46.2 Å². The number of rotatable bonds is 1. The van der Waals surface area contributed by atoms with E-state index in [1.54, 1.807) is 0 Å². The maximum Gasteiger partial charge on any atom is 0.159 e. The van der Waals surface area contributed by atoms with Gasteiger partial charge in [-0.3, -0.25) is 0 Å². The summed E-state index contributed by atoms with van der Waals surface area (Å²) in [6, 6.07) is 9.99. The fourth-order valence-electron chi connectivity index (χ4n) is 1.45. The molecule has 0 unspecified atom stereocenters. The van der Waals surface area contributed by atoms with E-state index in [9.17, 15) is 0 Å². The third-order valence-electron chi connectivity index (χ3n) is 2.08. The van der Waals surface area contributed by atoms with Crippen LogP contribution in [0.25, 0.3) is 11.4 Å². The van der Waals surface area contributed by atoms with Crippen molar-refractivity contribution in [2.24, 2.45) is 0 Å². The summed E-state index contributed by atoms with van der Waals surface area (Å²) < 4.78 is 1.07. The number of benzene rings is 1. The molecule has 0 N–H and O–H groups in total. The molecule has 1 aromatic heterocycles. The lowest BCUT2D eigenvalue weighted by Crippen LogP contribution is -1.93. The Bertz CT molecular complexity index is 457. The predicted molar refractivity (Wildman–Crippen MR) is 64.6 cm³/mol. The summed E-state index contributed by atoms with van der Waals surface area (Å²) in [7, 11) is 0. The van der Waals surface area contributed by atoms with E-state index in [0.717, 1.165) is 27.2 Å². The van der Waals surface area contributed by atoms with Crippen molar-refractivity contribution in [2.75, 3.05) is 0 Å². The van der Waals surface area contributed by atoms with Gasteiger partial charge in [0.2, 0.25) is 0 Å². The van der Waals surface area contributed by atoms with Crippen LogP contribution in [0.5, 0.6) is 0 Å². The van der Waals surface area contributed by atoms with Gasteiger partial charge in [0.05, 0.1) is 0 Å². The fourth-order valence-corrected chi connectivity index (χ4v) is 1.72. The second-order valence-electron chi connectivity index (χ2n) is 3.48. The van der Waals surface area contributed by atoms with Crippen LogP contribution in [-0.4, -0.2) is 9.97 Å². The number of hydrogen-bond donors (Lipinski definition) is 0. The highest BCUT2D eigenvalue weighted by Crippen LogP contribution is 2.18. The van der Waals surface area contributed by atoms with E-state index < -0.39 is 0 Å². The quantitative estimate of drug-likeness (QED) is 0.786. The number of aryl methyl sites for hydroxylation is 2. The Kier molecular flexibility index (Phi) is 2.82. The molecule has 0 spiro atoms. The Balaban J connectivity index is 2.49. The van der Waals surface area contributed by atoms with E-state index in [2.05, 4.69) is 25.9 Å². The Morgan fingerprint density at radius 3 is 2.00 bits per heavy atom. The summed E-state index contributed by atoms with van der Waals surface area (Å²) in [6.07, 6.45) is 0. The van der Waals surface area contributed by atoms with Gasteiger partial charge in [0.15, 0.2) is 5.82 Å². The lowest BCUT2D eigenvalue weighted by atomic mass is 10.2.